The zero-order valence-corrected chi connectivity index (χ0v) is 12.5. The van der Waals surface area contributed by atoms with Crippen LogP contribution in [0.3, 0.4) is 0 Å². The number of rotatable bonds is 4. The van der Waals surface area contributed by atoms with Gasteiger partial charge in [-0.2, -0.15) is 0 Å². The van der Waals surface area contributed by atoms with Gasteiger partial charge in [0.05, 0.1) is 0 Å². The van der Waals surface area contributed by atoms with E-state index in [4.69, 9.17) is 4.74 Å². The van der Waals surface area contributed by atoms with Crippen LogP contribution in [0.25, 0.3) is 0 Å². The molecular weight excluding hydrogens is 255 g/mol. The number of Topliss-reactive ketones (excluding diaryl/α,β-unsaturated/α-hetero) is 1. The van der Waals surface area contributed by atoms with Gasteiger partial charge in [0.15, 0.2) is 5.78 Å². The van der Waals surface area contributed by atoms with Crippen LogP contribution in [0, 0.1) is 18.7 Å². The lowest BCUT2D eigenvalue weighted by Crippen LogP contribution is -2.45. The van der Waals surface area contributed by atoms with Gasteiger partial charge in [0.1, 0.15) is 11.4 Å². The predicted octanol–water partition coefficient (Wildman–Crippen LogP) is 4.30. The Balaban J connectivity index is 2.34. The van der Waals surface area contributed by atoms with Gasteiger partial charge in [-0.15, -0.1) is 0 Å². The topological polar surface area (TPSA) is 26.3 Å². The molecule has 0 bridgehead atoms. The Kier molecular flexibility index (Phi) is 4.59. The van der Waals surface area contributed by atoms with Crippen molar-refractivity contribution in [3.05, 3.63) is 35.1 Å². The van der Waals surface area contributed by atoms with E-state index >= 15 is 0 Å². The Morgan fingerprint density at radius 2 is 2.05 bits per heavy atom. The molecule has 0 amide bonds. The Morgan fingerprint density at radius 1 is 1.40 bits per heavy atom. The summed E-state index contributed by atoms with van der Waals surface area (Å²) in [6, 6.07) is 4.40. The van der Waals surface area contributed by atoms with E-state index in [0.29, 0.717) is 18.1 Å². The molecule has 0 atom stereocenters. The third-order valence-corrected chi connectivity index (χ3v) is 4.36. The third-order valence-electron chi connectivity index (χ3n) is 4.36. The summed E-state index contributed by atoms with van der Waals surface area (Å²) in [5, 5.41) is 0. The highest BCUT2D eigenvalue weighted by Crippen LogP contribution is 2.37. The first-order valence-electron chi connectivity index (χ1n) is 7.43. The SMILES string of the molecule is CCOC1(C(=O)c2cc(F)ccc2C)CCC(C)CC1. The lowest BCUT2D eigenvalue weighted by molar-refractivity contribution is -0.0474. The molecule has 0 saturated heterocycles. The average molecular weight is 278 g/mol. The van der Waals surface area contributed by atoms with Crippen molar-refractivity contribution in [1.82, 2.24) is 0 Å². The third kappa shape index (κ3) is 2.93. The Labute approximate surface area is 120 Å². The van der Waals surface area contributed by atoms with E-state index < -0.39 is 5.60 Å². The molecule has 0 aliphatic heterocycles. The fraction of sp³-hybridized carbons (Fsp3) is 0.588. The minimum atomic E-state index is -0.750. The highest BCUT2D eigenvalue weighted by atomic mass is 19.1. The first-order valence-corrected chi connectivity index (χ1v) is 7.43. The van der Waals surface area contributed by atoms with Crippen molar-refractivity contribution in [3.63, 3.8) is 0 Å². The van der Waals surface area contributed by atoms with Crippen LogP contribution in [0.15, 0.2) is 18.2 Å². The molecule has 0 spiro atoms. The monoisotopic (exact) mass is 278 g/mol. The number of halogens is 1. The number of carbonyl (C=O) groups is 1. The van der Waals surface area contributed by atoms with Gasteiger partial charge in [0.25, 0.3) is 0 Å². The van der Waals surface area contributed by atoms with Crippen molar-refractivity contribution < 1.29 is 13.9 Å². The standard InChI is InChI=1S/C17H23FO2/c1-4-20-17(9-7-12(2)8-10-17)16(19)15-11-14(18)6-5-13(15)3/h5-6,11-12H,4,7-10H2,1-3H3. The number of hydrogen-bond donors (Lipinski definition) is 0. The number of aryl methyl sites for hydroxylation is 1. The Hall–Kier alpha value is -1.22. The second-order valence-corrected chi connectivity index (χ2v) is 5.90. The highest BCUT2D eigenvalue weighted by Gasteiger charge is 2.42. The molecular formula is C17H23FO2. The minimum absolute atomic E-state index is 0.0525. The first kappa shape index (κ1) is 15.2. The van der Waals surface area contributed by atoms with Crippen molar-refractivity contribution in [3.8, 4) is 0 Å². The lowest BCUT2D eigenvalue weighted by Gasteiger charge is -2.38. The van der Waals surface area contributed by atoms with Crippen molar-refractivity contribution in [2.45, 2.75) is 52.1 Å². The summed E-state index contributed by atoms with van der Waals surface area (Å²) in [6.45, 7) is 6.46. The van der Waals surface area contributed by atoms with Crippen molar-refractivity contribution in [1.29, 1.82) is 0 Å². The molecule has 1 aromatic carbocycles. The van der Waals surface area contributed by atoms with Gasteiger partial charge in [0.2, 0.25) is 0 Å². The molecule has 1 aliphatic carbocycles. The van der Waals surface area contributed by atoms with Crippen LogP contribution in [0.5, 0.6) is 0 Å². The lowest BCUT2D eigenvalue weighted by atomic mass is 9.75. The molecule has 0 aromatic heterocycles. The molecule has 1 aromatic rings. The molecule has 2 nitrogen and oxygen atoms in total. The summed E-state index contributed by atoms with van der Waals surface area (Å²) in [4.78, 5) is 12.9. The largest absolute Gasteiger partial charge is 0.367 e. The van der Waals surface area contributed by atoms with Crippen LogP contribution in [-0.4, -0.2) is 18.0 Å². The summed E-state index contributed by atoms with van der Waals surface area (Å²) in [6.07, 6.45) is 3.44. The van der Waals surface area contributed by atoms with Gasteiger partial charge in [-0.3, -0.25) is 4.79 Å². The molecule has 20 heavy (non-hydrogen) atoms. The molecule has 0 heterocycles. The van der Waals surface area contributed by atoms with Gasteiger partial charge >= 0.3 is 0 Å². The molecule has 1 saturated carbocycles. The number of benzene rings is 1. The van der Waals surface area contributed by atoms with Crippen LogP contribution in [0.4, 0.5) is 4.39 Å². The van der Waals surface area contributed by atoms with E-state index in [0.717, 1.165) is 31.2 Å². The van der Waals surface area contributed by atoms with E-state index in [1.807, 2.05) is 13.8 Å². The summed E-state index contributed by atoms with van der Waals surface area (Å²) in [5.74, 6) is 0.211. The fourth-order valence-electron chi connectivity index (χ4n) is 3.03. The smallest absolute Gasteiger partial charge is 0.194 e. The Morgan fingerprint density at radius 3 is 2.65 bits per heavy atom. The molecule has 0 N–H and O–H groups in total. The minimum Gasteiger partial charge on any atom is -0.367 e. The zero-order valence-electron chi connectivity index (χ0n) is 12.5. The van der Waals surface area contributed by atoms with Crippen LogP contribution in [-0.2, 0) is 4.74 Å². The second-order valence-electron chi connectivity index (χ2n) is 5.90. The molecule has 2 rings (SSSR count). The number of carbonyl (C=O) groups excluding carboxylic acids is 1. The first-order chi connectivity index (χ1) is 9.48. The van der Waals surface area contributed by atoms with Crippen LogP contribution < -0.4 is 0 Å². The number of hydrogen-bond acceptors (Lipinski definition) is 2. The van der Waals surface area contributed by atoms with E-state index in [-0.39, 0.29) is 11.6 Å². The molecule has 3 heteroatoms. The van der Waals surface area contributed by atoms with Gasteiger partial charge in [-0.1, -0.05) is 13.0 Å². The van der Waals surface area contributed by atoms with E-state index in [9.17, 15) is 9.18 Å². The van der Waals surface area contributed by atoms with Gasteiger partial charge < -0.3 is 4.74 Å². The number of ether oxygens (including phenoxy) is 1. The zero-order chi connectivity index (χ0) is 14.8. The molecule has 0 unspecified atom stereocenters. The summed E-state index contributed by atoms with van der Waals surface area (Å²) >= 11 is 0. The molecule has 1 fully saturated rings. The van der Waals surface area contributed by atoms with Gasteiger partial charge in [0, 0.05) is 12.2 Å². The summed E-state index contributed by atoms with van der Waals surface area (Å²) < 4.78 is 19.3. The van der Waals surface area contributed by atoms with Crippen molar-refractivity contribution in [2.75, 3.05) is 6.61 Å². The van der Waals surface area contributed by atoms with E-state index in [2.05, 4.69) is 6.92 Å². The average Bonchev–Trinajstić information content (AvgIpc) is 2.44. The van der Waals surface area contributed by atoms with E-state index in [1.54, 1.807) is 6.07 Å². The van der Waals surface area contributed by atoms with Crippen LogP contribution in [0.2, 0.25) is 0 Å². The second kappa shape index (κ2) is 6.04. The Bertz CT molecular complexity index is 488. The van der Waals surface area contributed by atoms with Crippen LogP contribution in [0.1, 0.15) is 55.5 Å². The maximum Gasteiger partial charge on any atom is 0.194 e. The van der Waals surface area contributed by atoms with Crippen LogP contribution >= 0.6 is 0 Å². The quantitative estimate of drug-likeness (QED) is 0.767. The maximum absolute atomic E-state index is 13.5. The maximum atomic E-state index is 13.5. The normalized spacial score (nSPS) is 26.5. The molecule has 110 valence electrons. The summed E-state index contributed by atoms with van der Waals surface area (Å²) in [5.41, 5.74) is 0.530. The van der Waals surface area contributed by atoms with Gasteiger partial charge in [-0.25, -0.2) is 4.39 Å². The fourth-order valence-corrected chi connectivity index (χ4v) is 3.03. The predicted molar refractivity (Wildman–Crippen MR) is 77.5 cm³/mol. The highest BCUT2D eigenvalue weighted by molar-refractivity contribution is 6.03. The number of ketones is 1. The summed E-state index contributed by atoms with van der Waals surface area (Å²) in [7, 11) is 0. The van der Waals surface area contributed by atoms with E-state index in [1.165, 1.54) is 12.1 Å². The van der Waals surface area contributed by atoms with Gasteiger partial charge in [-0.05, 0) is 63.1 Å². The molecule has 0 radical (unpaired) electrons. The van der Waals surface area contributed by atoms with Crippen molar-refractivity contribution in [2.24, 2.45) is 5.92 Å². The van der Waals surface area contributed by atoms with Crippen molar-refractivity contribution >= 4 is 5.78 Å². The molecule has 1 aliphatic rings.